The van der Waals surface area contributed by atoms with Gasteiger partial charge in [-0.1, -0.05) is 6.92 Å². The first-order valence-electron chi connectivity index (χ1n) is 12.6. The topological polar surface area (TPSA) is 234 Å². The third-order valence-electron chi connectivity index (χ3n) is 6.28. The average Bonchev–Trinajstić information content (AvgIpc) is 3.11. The molecule has 2 aliphatic rings. The molecule has 224 valence electrons. The van der Waals surface area contributed by atoms with Crippen LogP contribution in [0, 0.1) is 0 Å². The average molecular weight is 559 g/mol. The van der Waals surface area contributed by atoms with Gasteiger partial charge in [0.1, 0.15) is 55.4 Å². The molecule has 0 saturated carbocycles. The van der Waals surface area contributed by atoms with Gasteiger partial charge in [-0.25, -0.2) is 0 Å². The molecule has 0 spiro atoms. The van der Waals surface area contributed by atoms with Gasteiger partial charge in [-0.3, -0.25) is 4.79 Å². The van der Waals surface area contributed by atoms with Crippen molar-refractivity contribution in [3.8, 4) is 0 Å². The standard InChI is InChI=1S/C23H42O15/c1-4-13(34-7-11(2)26)5-16(27)35-12(3)8-33-9-15-18(29)21(32)23(10-25,37-15)38-22-20(31)19(30)17(28)14(6-24)36-22/h11-15,17-22,24-26,28-32H,4-10H2,1-3H3/t11?,12?,13?,14?,15-,17-,18+,19+,20?,21?,22-,23+/m1/s1. The summed E-state index contributed by atoms with van der Waals surface area (Å²) in [5.74, 6) is -2.82. The number of ether oxygens (including phenoxy) is 6. The van der Waals surface area contributed by atoms with Crippen molar-refractivity contribution in [2.75, 3.05) is 33.0 Å². The SMILES string of the molecule is CCC(CC(=O)OC(C)COC[C@H]1O[C@@](CO)(O[C@H]2OC(CO)[C@@H](O)[C@H](O)C2O)C(O)[C@H]1O)OCC(C)O. The molecule has 15 nitrogen and oxygen atoms in total. The molecule has 0 amide bonds. The first kappa shape index (κ1) is 33.2. The summed E-state index contributed by atoms with van der Waals surface area (Å²) < 4.78 is 32.4. The van der Waals surface area contributed by atoms with E-state index in [4.69, 9.17) is 28.4 Å². The van der Waals surface area contributed by atoms with Crippen LogP contribution in [0.1, 0.15) is 33.6 Å². The van der Waals surface area contributed by atoms with E-state index in [0.29, 0.717) is 6.42 Å². The van der Waals surface area contributed by atoms with Crippen molar-refractivity contribution in [2.24, 2.45) is 0 Å². The molecule has 2 fully saturated rings. The Balaban J connectivity index is 1.87. The molecule has 2 heterocycles. The maximum absolute atomic E-state index is 12.2. The number of aliphatic hydroxyl groups excluding tert-OH is 8. The van der Waals surface area contributed by atoms with Crippen LogP contribution in [0.4, 0.5) is 0 Å². The van der Waals surface area contributed by atoms with Crippen LogP contribution in [-0.4, -0.2) is 153 Å². The number of carbonyl (C=O) groups is 1. The molecule has 6 unspecified atom stereocenters. The molecule has 0 aromatic rings. The summed E-state index contributed by atoms with van der Waals surface area (Å²) in [6, 6.07) is 0. The maximum Gasteiger partial charge on any atom is 0.308 e. The minimum Gasteiger partial charge on any atom is -0.460 e. The van der Waals surface area contributed by atoms with Crippen LogP contribution in [-0.2, 0) is 33.2 Å². The fraction of sp³-hybridized carbons (Fsp3) is 0.957. The van der Waals surface area contributed by atoms with Crippen molar-refractivity contribution >= 4 is 5.97 Å². The second kappa shape index (κ2) is 15.1. The number of hydrogen-bond donors (Lipinski definition) is 8. The quantitative estimate of drug-likeness (QED) is 0.0898. The first-order valence-corrected chi connectivity index (χ1v) is 12.6. The van der Waals surface area contributed by atoms with Gasteiger partial charge in [0.05, 0.1) is 45.1 Å². The van der Waals surface area contributed by atoms with Crippen LogP contribution in [0.2, 0.25) is 0 Å². The molecular weight excluding hydrogens is 516 g/mol. The Morgan fingerprint density at radius 3 is 2.24 bits per heavy atom. The molecule has 2 saturated heterocycles. The van der Waals surface area contributed by atoms with Gasteiger partial charge < -0.3 is 69.3 Å². The Bertz CT molecular complexity index is 708. The van der Waals surface area contributed by atoms with Crippen molar-refractivity contribution in [1.29, 1.82) is 0 Å². The zero-order valence-electron chi connectivity index (χ0n) is 21.7. The highest BCUT2D eigenvalue weighted by Crippen LogP contribution is 2.36. The number of rotatable bonds is 15. The van der Waals surface area contributed by atoms with Crippen molar-refractivity contribution in [3.05, 3.63) is 0 Å². The van der Waals surface area contributed by atoms with Gasteiger partial charge in [0.2, 0.25) is 5.79 Å². The predicted molar refractivity (Wildman–Crippen MR) is 124 cm³/mol. The van der Waals surface area contributed by atoms with Crippen LogP contribution in [0.3, 0.4) is 0 Å². The third-order valence-corrected chi connectivity index (χ3v) is 6.28. The van der Waals surface area contributed by atoms with Gasteiger partial charge >= 0.3 is 5.97 Å². The lowest BCUT2D eigenvalue weighted by Crippen LogP contribution is -2.62. The highest BCUT2D eigenvalue weighted by Gasteiger charge is 2.58. The summed E-state index contributed by atoms with van der Waals surface area (Å²) in [5.41, 5.74) is 0. The molecule has 2 rings (SSSR count). The lowest BCUT2D eigenvalue weighted by molar-refractivity contribution is -0.383. The van der Waals surface area contributed by atoms with E-state index in [9.17, 15) is 45.6 Å². The van der Waals surface area contributed by atoms with Gasteiger partial charge in [-0.05, 0) is 20.3 Å². The fourth-order valence-corrected chi connectivity index (χ4v) is 4.06. The molecule has 0 radical (unpaired) electrons. The monoisotopic (exact) mass is 558 g/mol. The molecule has 15 heteroatoms. The Morgan fingerprint density at radius 2 is 1.66 bits per heavy atom. The molecule has 38 heavy (non-hydrogen) atoms. The second-order valence-corrected chi connectivity index (χ2v) is 9.63. The van der Waals surface area contributed by atoms with Crippen LogP contribution >= 0.6 is 0 Å². The number of hydrogen-bond acceptors (Lipinski definition) is 15. The van der Waals surface area contributed by atoms with Gasteiger partial charge in [0, 0.05) is 0 Å². The van der Waals surface area contributed by atoms with Crippen molar-refractivity contribution < 1.29 is 74.1 Å². The zero-order valence-corrected chi connectivity index (χ0v) is 21.7. The van der Waals surface area contributed by atoms with Crippen molar-refractivity contribution in [2.45, 2.75) is 107 Å². The first-order chi connectivity index (χ1) is 17.9. The van der Waals surface area contributed by atoms with Gasteiger partial charge in [0.15, 0.2) is 6.29 Å². The van der Waals surface area contributed by atoms with Gasteiger partial charge in [0.25, 0.3) is 0 Å². The maximum atomic E-state index is 12.2. The van der Waals surface area contributed by atoms with Crippen LogP contribution in [0.5, 0.6) is 0 Å². The summed E-state index contributed by atoms with van der Waals surface area (Å²) in [6.07, 6.45) is -14.2. The molecule has 0 aromatic heterocycles. The largest absolute Gasteiger partial charge is 0.460 e. The van der Waals surface area contributed by atoms with Crippen LogP contribution in [0.15, 0.2) is 0 Å². The molecule has 8 N–H and O–H groups in total. The molecule has 0 bridgehead atoms. The summed E-state index contributed by atoms with van der Waals surface area (Å²) in [6.45, 7) is 2.94. The highest BCUT2D eigenvalue weighted by molar-refractivity contribution is 5.70. The Hall–Kier alpha value is -1.05. The summed E-state index contributed by atoms with van der Waals surface area (Å²) in [7, 11) is 0. The van der Waals surface area contributed by atoms with E-state index < -0.39 is 92.3 Å². The molecular formula is C23H42O15. The smallest absolute Gasteiger partial charge is 0.308 e. The van der Waals surface area contributed by atoms with E-state index in [0.717, 1.165) is 0 Å². The van der Waals surface area contributed by atoms with Crippen LogP contribution in [0.25, 0.3) is 0 Å². The second-order valence-electron chi connectivity index (χ2n) is 9.63. The van der Waals surface area contributed by atoms with E-state index in [-0.39, 0.29) is 26.2 Å². The van der Waals surface area contributed by atoms with E-state index in [1.807, 2.05) is 6.92 Å². The number of aliphatic hydroxyl groups is 8. The van der Waals surface area contributed by atoms with E-state index in [2.05, 4.69) is 0 Å². The number of esters is 1. The summed E-state index contributed by atoms with van der Waals surface area (Å²) in [4.78, 5) is 12.2. The Kier molecular flexibility index (Phi) is 13.2. The zero-order chi connectivity index (χ0) is 28.6. The van der Waals surface area contributed by atoms with Crippen molar-refractivity contribution in [3.63, 3.8) is 0 Å². The predicted octanol–water partition coefficient (Wildman–Crippen LogP) is -3.87. The summed E-state index contributed by atoms with van der Waals surface area (Å²) in [5, 5.41) is 79.6. The van der Waals surface area contributed by atoms with Gasteiger partial charge in [-0.15, -0.1) is 0 Å². The lowest BCUT2D eigenvalue weighted by atomic mass is 9.99. The molecule has 0 aliphatic carbocycles. The fourth-order valence-electron chi connectivity index (χ4n) is 4.06. The van der Waals surface area contributed by atoms with Crippen LogP contribution < -0.4 is 0 Å². The molecule has 2 aliphatic heterocycles. The van der Waals surface area contributed by atoms with E-state index in [1.54, 1.807) is 13.8 Å². The van der Waals surface area contributed by atoms with E-state index >= 15 is 0 Å². The normalized spacial score (nSPS) is 38.1. The third kappa shape index (κ3) is 8.47. The Labute approximate surface area is 220 Å². The summed E-state index contributed by atoms with van der Waals surface area (Å²) >= 11 is 0. The van der Waals surface area contributed by atoms with Crippen molar-refractivity contribution in [1.82, 2.24) is 0 Å². The van der Waals surface area contributed by atoms with Gasteiger partial charge in [-0.2, -0.15) is 0 Å². The minimum absolute atomic E-state index is 0.0154. The minimum atomic E-state index is -2.29. The Morgan fingerprint density at radius 1 is 0.974 bits per heavy atom. The lowest BCUT2D eigenvalue weighted by Gasteiger charge is -2.43. The molecule has 12 atom stereocenters. The van der Waals surface area contributed by atoms with E-state index in [1.165, 1.54) is 0 Å². The number of carbonyl (C=O) groups excluding carboxylic acids is 1. The highest BCUT2D eigenvalue weighted by atomic mass is 16.8. The molecule has 0 aromatic carbocycles.